The van der Waals surface area contributed by atoms with Gasteiger partial charge in [-0.3, -0.25) is 9.59 Å². The molecule has 2 fully saturated rings. The molecule has 25 heavy (non-hydrogen) atoms. The number of ether oxygens (including phenoxy) is 1. The van der Waals surface area contributed by atoms with Crippen molar-refractivity contribution in [1.29, 1.82) is 0 Å². The number of nitrogens with one attached hydrogen (secondary N) is 1. The molecular weight excluding hydrogens is 325 g/mol. The molecule has 1 aromatic rings. The van der Waals surface area contributed by atoms with Crippen molar-refractivity contribution in [3.63, 3.8) is 0 Å². The number of allylic oxidation sites excluding steroid dienone is 2. The van der Waals surface area contributed by atoms with Crippen molar-refractivity contribution in [3.05, 3.63) is 36.2 Å². The van der Waals surface area contributed by atoms with Gasteiger partial charge in [-0.2, -0.15) is 0 Å². The summed E-state index contributed by atoms with van der Waals surface area (Å²) in [7, 11) is 0. The van der Waals surface area contributed by atoms with Gasteiger partial charge < -0.3 is 15.2 Å². The highest BCUT2D eigenvalue weighted by Gasteiger charge is 2.51. The summed E-state index contributed by atoms with van der Waals surface area (Å²) in [6.45, 7) is 0. The van der Waals surface area contributed by atoms with E-state index in [1.54, 1.807) is 6.07 Å². The smallest absolute Gasteiger partial charge is 0.307 e. The summed E-state index contributed by atoms with van der Waals surface area (Å²) in [6.07, 6.45) is 7.55. The van der Waals surface area contributed by atoms with Gasteiger partial charge in [0.2, 0.25) is 5.91 Å². The van der Waals surface area contributed by atoms with Crippen LogP contribution in [0.1, 0.15) is 25.7 Å². The second kappa shape index (κ2) is 6.17. The van der Waals surface area contributed by atoms with E-state index in [1.807, 2.05) is 12.2 Å². The lowest BCUT2D eigenvalue weighted by Crippen LogP contribution is -2.36. The van der Waals surface area contributed by atoms with Crippen LogP contribution in [0.3, 0.4) is 0 Å². The fourth-order valence-electron chi connectivity index (χ4n) is 4.08. The number of fused-ring (bicyclic) bond motifs is 2. The van der Waals surface area contributed by atoms with Crippen molar-refractivity contribution in [2.24, 2.45) is 23.7 Å². The van der Waals surface area contributed by atoms with Crippen molar-refractivity contribution >= 4 is 17.6 Å². The molecule has 0 aliphatic heterocycles. The van der Waals surface area contributed by atoms with Crippen molar-refractivity contribution in [2.45, 2.75) is 31.8 Å². The zero-order valence-corrected chi connectivity index (χ0v) is 13.7. The number of halogens is 1. The van der Waals surface area contributed by atoms with Crippen LogP contribution in [0.5, 0.6) is 5.75 Å². The Hall–Kier alpha value is -2.37. The van der Waals surface area contributed by atoms with Gasteiger partial charge >= 0.3 is 5.97 Å². The van der Waals surface area contributed by atoms with E-state index < -0.39 is 23.6 Å². The quantitative estimate of drug-likeness (QED) is 0.804. The summed E-state index contributed by atoms with van der Waals surface area (Å²) in [5, 5.41) is 12.1. The number of hydrogen-bond donors (Lipinski definition) is 2. The highest BCUT2D eigenvalue weighted by Crippen LogP contribution is 2.48. The van der Waals surface area contributed by atoms with Gasteiger partial charge in [0.05, 0.1) is 17.9 Å². The Morgan fingerprint density at radius 3 is 2.48 bits per heavy atom. The molecule has 4 unspecified atom stereocenters. The molecule has 0 aromatic heterocycles. The van der Waals surface area contributed by atoms with E-state index in [0.717, 1.165) is 19.3 Å². The van der Waals surface area contributed by atoms with Gasteiger partial charge in [0.15, 0.2) is 11.6 Å². The average Bonchev–Trinajstić information content (AvgIpc) is 3.13. The molecule has 6 heteroatoms. The average molecular weight is 345 g/mol. The largest absolute Gasteiger partial charge is 0.487 e. The van der Waals surface area contributed by atoms with Crippen LogP contribution in [0.15, 0.2) is 30.4 Å². The molecule has 4 atom stereocenters. The van der Waals surface area contributed by atoms with Gasteiger partial charge in [0.1, 0.15) is 0 Å². The van der Waals surface area contributed by atoms with E-state index in [2.05, 4.69) is 5.32 Å². The number of rotatable bonds is 5. The predicted octanol–water partition coefficient (Wildman–Crippen LogP) is 3.22. The fourth-order valence-corrected chi connectivity index (χ4v) is 4.08. The highest BCUT2D eigenvalue weighted by molar-refractivity contribution is 5.96. The highest BCUT2D eigenvalue weighted by atomic mass is 19.1. The third-order valence-electron chi connectivity index (χ3n) is 5.59. The van der Waals surface area contributed by atoms with Crippen LogP contribution in [0.4, 0.5) is 10.1 Å². The zero-order valence-electron chi connectivity index (χ0n) is 13.7. The maximum absolute atomic E-state index is 14.2. The van der Waals surface area contributed by atoms with Gasteiger partial charge in [0.25, 0.3) is 0 Å². The van der Waals surface area contributed by atoms with Crippen molar-refractivity contribution in [2.75, 3.05) is 5.32 Å². The molecule has 2 N–H and O–H groups in total. The van der Waals surface area contributed by atoms with E-state index in [9.17, 15) is 19.1 Å². The molecule has 3 aliphatic rings. The van der Waals surface area contributed by atoms with Crippen LogP contribution >= 0.6 is 0 Å². The van der Waals surface area contributed by atoms with Crippen LogP contribution in [0.2, 0.25) is 0 Å². The molecular formula is C19H20FNO4. The normalized spacial score (nSPS) is 30.1. The van der Waals surface area contributed by atoms with E-state index in [-0.39, 0.29) is 29.6 Å². The van der Waals surface area contributed by atoms with Crippen molar-refractivity contribution < 1.29 is 23.8 Å². The maximum Gasteiger partial charge on any atom is 0.307 e. The summed E-state index contributed by atoms with van der Waals surface area (Å²) in [6, 6.07) is 4.33. The molecule has 2 saturated carbocycles. The van der Waals surface area contributed by atoms with Crippen LogP contribution in [0.25, 0.3) is 0 Å². The summed E-state index contributed by atoms with van der Waals surface area (Å²) < 4.78 is 19.7. The minimum Gasteiger partial charge on any atom is -0.487 e. The second-order valence-electron chi connectivity index (χ2n) is 7.14. The van der Waals surface area contributed by atoms with E-state index in [1.165, 1.54) is 12.1 Å². The number of benzene rings is 1. The van der Waals surface area contributed by atoms with Gasteiger partial charge in [-0.15, -0.1) is 0 Å². The molecule has 5 nitrogen and oxygen atoms in total. The molecule has 2 bridgehead atoms. The van der Waals surface area contributed by atoms with Crippen LogP contribution in [-0.2, 0) is 9.59 Å². The molecule has 0 spiro atoms. The third kappa shape index (κ3) is 2.90. The number of carbonyl (C=O) groups is 2. The third-order valence-corrected chi connectivity index (χ3v) is 5.59. The molecule has 0 radical (unpaired) electrons. The topological polar surface area (TPSA) is 75.6 Å². The first-order valence-electron chi connectivity index (χ1n) is 8.71. The van der Waals surface area contributed by atoms with Crippen LogP contribution < -0.4 is 10.1 Å². The predicted molar refractivity (Wildman–Crippen MR) is 88.6 cm³/mol. The van der Waals surface area contributed by atoms with Crippen LogP contribution in [0, 0.1) is 29.5 Å². The standard InChI is InChI=1S/C19H20FNO4/c20-14-9-12(6-7-15(14)25-13-2-1-3-13)21-18(22)16-10-4-5-11(8-10)17(16)19(23)24/h4-7,9-11,13,16-17H,1-3,8H2,(H,21,22)(H,23,24). The second-order valence-corrected chi connectivity index (χ2v) is 7.14. The summed E-state index contributed by atoms with van der Waals surface area (Å²) in [4.78, 5) is 24.1. The van der Waals surface area contributed by atoms with Gasteiger partial charge in [0, 0.05) is 11.8 Å². The molecule has 4 rings (SSSR count). The number of carboxylic acid groups (broad SMARTS) is 1. The number of carboxylic acids is 1. The first-order valence-corrected chi connectivity index (χ1v) is 8.71. The SMILES string of the molecule is O=C(O)C1C2C=CC(C2)C1C(=O)Nc1ccc(OC2CCC2)c(F)c1. The molecule has 0 heterocycles. The lowest BCUT2D eigenvalue weighted by molar-refractivity contribution is -0.146. The number of anilines is 1. The minimum atomic E-state index is -0.951. The Balaban J connectivity index is 1.46. The van der Waals surface area contributed by atoms with Crippen molar-refractivity contribution in [3.8, 4) is 5.75 Å². The minimum absolute atomic E-state index is 0.0582. The summed E-state index contributed by atoms with van der Waals surface area (Å²) >= 11 is 0. The number of carbonyl (C=O) groups excluding carboxylic acids is 1. The van der Waals surface area contributed by atoms with Crippen LogP contribution in [-0.4, -0.2) is 23.1 Å². The monoisotopic (exact) mass is 345 g/mol. The van der Waals surface area contributed by atoms with Crippen molar-refractivity contribution in [1.82, 2.24) is 0 Å². The Bertz CT molecular complexity index is 743. The van der Waals surface area contributed by atoms with Gasteiger partial charge in [-0.1, -0.05) is 12.2 Å². The number of aliphatic carboxylic acids is 1. The summed E-state index contributed by atoms with van der Waals surface area (Å²) in [5.74, 6) is -3.11. The van der Waals surface area contributed by atoms with E-state index >= 15 is 0 Å². The number of amides is 1. The van der Waals surface area contributed by atoms with Gasteiger partial charge in [-0.05, 0) is 49.7 Å². The summed E-state index contributed by atoms with van der Waals surface area (Å²) in [5.41, 5.74) is 0.319. The Morgan fingerprint density at radius 1 is 1.16 bits per heavy atom. The van der Waals surface area contributed by atoms with E-state index in [4.69, 9.17) is 4.74 Å². The lowest BCUT2D eigenvalue weighted by atomic mass is 9.82. The molecule has 0 saturated heterocycles. The molecule has 1 amide bonds. The molecule has 1 aromatic carbocycles. The first kappa shape index (κ1) is 16.1. The Morgan fingerprint density at radius 2 is 1.88 bits per heavy atom. The first-order chi connectivity index (χ1) is 12.0. The molecule has 132 valence electrons. The molecule has 3 aliphatic carbocycles. The lowest BCUT2D eigenvalue weighted by Gasteiger charge is -2.26. The maximum atomic E-state index is 14.2. The Labute approximate surface area is 144 Å². The zero-order chi connectivity index (χ0) is 17.6. The fraction of sp³-hybridized carbons (Fsp3) is 0.474. The number of hydrogen-bond acceptors (Lipinski definition) is 3. The van der Waals surface area contributed by atoms with Gasteiger partial charge in [-0.25, -0.2) is 4.39 Å². The van der Waals surface area contributed by atoms with E-state index in [0.29, 0.717) is 12.1 Å². The Kier molecular flexibility index (Phi) is 3.98.